The van der Waals surface area contributed by atoms with E-state index in [2.05, 4.69) is 22.9 Å². The van der Waals surface area contributed by atoms with Crippen LogP contribution in [0.2, 0.25) is 0 Å². The molecule has 0 aromatic carbocycles. The maximum atomic E-state index is 11.0. The molecule has 1 aliphatic carbocycles. The minimum Gasteiger partial charge on any atom is -0.461 e. The zero-order valence-corrected chi connectivity index (χ0v) is 8.71. The molecule has 0 radical (unpaired) electrons. The molecule has 0 aromatic rings. The van der Waals surface area contributed by atoms with Gasteiger partial charge in [-0.05, 0) is 18.8 Å². The summed E-state index contributed by atoms with van der Waals surface area (Å²) in [7, 11) is 0. The van der Waals surface area contributed by atoms with E-state index in [1.54, 1.807) is 0 Å². The lowest BCUT2D eigenvalue weighted by atomic mass is 9.80. The summed E-state index contributed by atoms with van der Waals surface area (Å²) < 4.78 is 5.26. The topological polar surface area (TPSA) is 26.3 Å². The van der Waals surface area contributed by atoms with Crippen molar-refractivity contribution in [2.75, 3.05) is 0 Å². The second kappa shape index (κ2) is 3.02. The van der Waals surface area contributed by atoms with Gasteiger partial charge in [0.1, 0.15) is 6.10 Å². The number of hydrogen-bond acceptors (Lipinski definition) is 2. The van der Waals surface area contributed by atoms with E-state index >= 15 is 0 Å². The molecule has 1 saturated carbocycles. The van der Waals surface area contributed by atoms with Gasteiger partial charge < -0.3 is 4.74 Å². The van der Waals surface area contributed by atoms with Crippen molar-refractivity contribution in [1.82, 2.24) is 0 Å². The summed E-state index contributed by atoms with van der Waals surface area (Å²) in [6, 6.07) is 0. The Hall–Kier alpha value is -0.0500. The number of halogens is 1. The van der Waals surface area contributed by atoms with Gasteiger partial charge in [-0.15, -0.1) is 0 Å². The van der Waals surface area contributed by atoms with E-state index in [1.165, 1.54) is 6.42 Å². The number of carbonyl (C=O) groups excluding carboxylic acids is 1. The Labute approximate surface area is 80.8 Å². The molecule has 4 atom stereocenters. The van der Waals surface area contributed by atoms with Crippen LogP contribution in [-0.2, 0) is 9.53 Å². The Morgan fingerprint density at radius 2 is 2.25 bits per heavy atom. The molecule has 68 valence electrons. The van der Waals surface area contributed by atoms with E-state index in [4.69, 9.17) is 4.74 Å². The highest BCUT2D eigenvalue weighted by atomic mass is 79.9. The molecule has 4 unspecified atom stereocenters. The minimum absolute atomic E-state index is 0.0106. The predicted molar refractivity (Wildman–Crippen MR) is 49.1 cm³/mol. The van der Waals surface area contributed by atoms with Gasteiger partial charge in [0.05, 0.1) is 11.2 Å². The quantitative estimate of drug-likeness (QED) is 0.473. The van der Waals surface area contributed by atoms with Crippen LogP contribution in [0, 0.1) is 11.8 Å². The van der Waals surface area contributed by atoms with Crippen molar-refractivity contribution in [3.05, 3.63) is 0 Å². The third kappa shape index (κ3) is 1.28. The molecule has 0 amide bonds. The van der Waals surface area contributed by atoms with Gasteiger partial charge in [0.2, 0.25) is 0 Å². The number of alkyl halides is 1. The van der Waals surface area contributed by atoms with Crippen molar-refractivity contribution >= 4 is 21.9 Å². The summed E-state index contributed by atoms with van der Waals surface area (Å²) in [5, 5.41) is 0. The average Bonchev–Trinajstić information content (AvgIpc) is 2.39. The van der Waals surface area contributed by atoms with Crippen molar-refractivity contribution in [3.8, 4) is 0 Å². The van der Waals surface area contributed by atoms with Crippen molar-refractivity contribution < 1.29 is 9.53 Å². The summed E-state index contributed by atoms with van der Waals surface area (Å²) in [4.78, 5) is 11.4. The van der Waals surface area contributed by atoms with Gasteiger partial charge in [-0.1, -0.05) is 22.9 Å². The molecule has 3 heteroatoms. The first-order valence-electron chi connectivity index (χ1n) is 4.52. The number of fused-ring (bicyclic) bond motifs is 1. The number of carbonyl (C=O) groups is 1. The molecule has 0 spiro atoms. The van der Waals surface area contributed by atoms with Gasteiger partial charge in [0, 0.05) is 5.92 Å². The summed E-state index contributed by atoms with van der Waals surface area (Å²) in [5.41, 5.74) is 0. The van der Waals surface area contributed by atoms with Crippen LogP contribution >= 0.6 is 15.9 Å². The first-order chi connectivity index (χ1) is 5.68. The first-order valence-corrected chi connectivity index (χ1v) is 5.43. The summed E-state index contributed by atoms with van der Waals surface area (Å²) in [6.07, 6.45) is 3.16. The summed E-state index contributed by atoms with van der Waals surface area (Å²) in [6.45, 7) is 2.21. The molecule has 0 bridgehead atoms. The largest absolute Gasteiger partial charge is 0.461 e. The highest BCUT2D eigenvalue weighted by molar-refractivity contribution is 9.09. The lowest BCUT2D eigenvalue weighted by Gasteiger charge is -2.32. The molecule has 2 aliphatic rings. The normalized spacial score (nSPS) is 47.0. The van der Waals surface area contributed by atoms with E-state index in [9.17, 15) is 4.79 Å². The highest BCUT2D eigenvalue weighted by Gasteiger charge is 2.43. The molecule has 1 aliphatic heterocycles. The molecule has 1 saturated heterocycles. The molecule has 0 aromatic heterocycles. The standard InChI is InChI=1S/C9H13BrO2/c1-5-2-3-6-4-7(11)12-9(6)8(5)10/h5-6,8-9H,2-4H2,1H3. The predicted octanol–water partition coefficient (Wildman–Crippen LogP) is 2.11. The Bertz CT molecular complexity index is 205. The molecular formula is C9H13BrO2. The van der Waals surface area contributed by atoms with Crippen molar-refractivity contribution in [2.45, 2.75) is 37.1 Å². The van der Waals surface area contributed by atoms with Crippen molar-refractivity contribution in [3.63, 3.8) is 0 Å². The van der Waals surface area contributed by atoms with E-state index in [0.717, 1.165) is 6.42 Å². The van der Waals surface area contributed by atoms with Crippen LogP contribution in [0.4, 0.5) is 0 Å². The van der Waals surface area contributed by atoms with E-state index in [-0.39, 0.29) is 12.1 Å². The van der Waals surface area contributed by atoms with Gasteiger partial charge >= 0.3 is 5.97 Å². The van der Waals surface area contributed by atoms with Crippen molar-refractivity contribution in [1.29, 1.82) is 0 Å². The van der Waals surface area contributed by atoms with E-state index in [1.807, 2.05) is 0 Å². The minimum atomic E-state index is -0.0106. The Balaban J connectivity index is 2.11. The fourth-order valence-electron chi connectivity index (χ4n) is 2.18. The fraction of sp³-hybridized carbons (Fsp3) is 0.889. The zero-order chi connectivity index (χ0) is 8.72. The second-order valence-corrected chi connectivity index (χ2v) is 4.98. The van der Waals surface area contributed by atoms with E-state index < -0.39 is 0 Å². The third-order valence-corrected chi connectivity index (χ3v) is 4.43. The Kier molecular flexibility index (Phi) is 2.15. The number of ether oxygens (including phenoxy) is 1. The molecule has 2 nitrogen and oxygen atoms in total. The molecule has 0 N–H and O–H groups in total. The monoisotopic (exact) mass is 232 g/mol. The molecular weight excluding hydrogens is 220 g/mol. The highest BCUT2D eigenvalue weighted by Crippen LogP contribution is 2.40. The number of rotatable bonds is 0. The van der Waals surface area contributed by atoms with Crippen LogP contribution in [0.5, 0.6) is 0 Å². The van der Waals surface area contributed by atoms with E-state index in [0.29, 0.717) is 23.1 Å². The fourth-order valence-corrected chi connectivity index (χ4v) is 2.98. The SMILES string of the molecule is CC1CCC2CC(=O)OC2C1Br. The van der Waals surface area contributed by atoms with Gasteiger partial charge in [0.15, 0.2) is 0 Å². The number of hydrogen-bond donors (Lipinski definition) is 0. The van der Waals surface area contributed by atoms with Gasteiger partial charge in [0.25, 0.3) is 0 Å². The van der Waals surface area contributed by atoms with Crippen molar-refractivity contribution in [2.24, 2.45) is 11.8 Å². The summed E-state index contributed by atoms with van der Waals surface area (Å²) >= 11 is 3.61. The van der Waals surface area contributed by atoms with Gasteiger partial charge in [-0.25, -0.2) is 0 Å². The van der Waals surface area contributed by atoms with Crippen LogP contribution in [0.3, 0.4) is 0 Å². The Morgan fingerprint density at radius 1 is 1.50 bits per heavy atom. The van der Waals surface area contributed by atoms with Crippen LogP contribution in [-0.4, -0.2) is 16.9 Å². The third-order valence-electron chi connectivity index (χ3n) is 3.01. The molecule has 1 heterocycles. The van der Waals surface area contributed by atoms with Gasteiger partial charge in [-0.3, -0.25) is 4.79 Å². The van der Waals surface area contributed by atoms with Crippen LogP contribution in [0.15, 0.2) is 0 Å². The van der Waals surface area contributed by atoms with Crippen LogP contribution < -0.4 is 0 Å². The van der Waals surface area contributed by atoms with Crippen LogP contribution in [0.1, 0.15) is 26.2 Å². The van der Waals surface area contributed by atoms with Gasteiger partial charge in [-0.2, -0.15) is 0 Å². The molecule has 2 fully saturated rings. The summed E-state index contributed by atoms with van der Waals surface area (Å²) in [5.74, 6) is 1.11. The first kappa shape index (κ1) is 8.54. The smallest absolute Gasteiger partial charge is 0.306 e. The maximum absolute atomic E-state index is 11.0. The molecule has 2 rings (SSSR count). The second-order valence-electron chi connectivity index (χ2n) is 3.92. The van der Waals surface area contributed by atoms with Crippen LogP contribution in [0.25, 0.3) is 0 Å². The average molecular weight is 233 g/mol. The maximum Gasteiger partial charge on any atom is 0.306 e. The lowest BCUT2D eigenvalue weighted by molar-refractivity contribution is -0.142. The number of esters is 1. The zero-order valence-electron chi connectivity index (χ0n) is 7.13. The molecule has 12 heavy (non-hydrogen) atoms. The lowest BCUT2D eigenvalue weighted by Crippen LogP contribution is -2.36. The Morgan fingerprint density at radius 3 is 3.00 bits per heavy atom.